The smallest absolute Gasteiger partial charge is 0.289 e. The van der Waals surface area contributed by atoms with Crippen molar-refractivity contribution in [1.82, 2.24) is 19.7 Å². The Balaban J connectivity index is 1.56. The van der Waals surface area contributed by atoms with Crippen LogP contribution < -0.4 is 5.32 Å². The summed E-state index contributed by atoms with van der Waals surface area (Å²) in [5.41, 5.74) is 2.44. The highest BCUT2D eigenvalue weighted by molar-refractivity contribution is 6.04. The Morgan fingerprint density at radius 3 is 2.76 bits per heavy atom. The number of aromatic nitrogens is 4. The Bertz CT molecular complexity index is 1130. The summed E-state index contributed by atoms with van der Waals surface area (Å²) in [4.78, 5) is 20.4. The van der Waals surface area contributed by atoms with Crippen molar-refractivity contribution in [3.63, 3.8) is 0 Å². The average Bonchev–Trinajstić information content (AvgIpc) is 3.12. The van der Waals surface area contributed by atoms with Crippen LogP contribution in [0.25, 0.3) is 0 Å². The minimum atomic E-state index is -2.93. The van der Waals surface area contributed by atoms with Crippen LogP contribution in [0, 0.1) is 18.8 Å². The molecule has 8 heteroatoms. The van der Waals surface area contributed by atoms with Crippen molar-refractivity contribution < 1.29 is 13.6 Å². The highest BCUT2D eigenvalue weighted by Crippen LogP contribution is 2.37. The number of carbonyl (C=O) groups excluding carboxylic acids is 1. The van der Waals surface area contributed by atoms with Gasteiger partial charge in [0.05, 0.1) is 5.56 Å². The number of hydrogen-bond acceptors (Lipinski definition) is 4. The second-order valence-corrected chi connectivity index (χ2v) is 6.81. The van der Waals surface area contributed by atoms with E-state index in [4.69, 9.17) is 0 Å². The largest absolute Gasteiger partial charge is 0.305 e. The van der Waals surface area contributed by atoms with E-state index < -0.39 is 11.8 Å². The van der Waals surface area contributed by atoms with Crippen molar-refractivity contribution in [1.29, 1.82) is 0 Å². The van der Waals surface area contributed by atoms with Crippen LogP contribution >= 0.6 is 0 Å². The van der Waals surface area contributed by atoms with E-state index in [0.717, 1.165) is 5.56 Å². The molecule has 3 heterocycles. The number of aryl methyl sites for hydroxylation is 2. The molecule has 29 heavy (non-hydrogen) atoms. The summed E-state index contributed by atoms with van der Waals surface area (Å²) in [5, 5.41) is 6.69. The lowest BCUT2D eigenvalue weighted by Gasteiger charge is -2.22. The molecule has 0 atom stereocenters. The van der Waals surface area contributed by atoms with E-state index in [1.165, 1.54) is 17.1 Å². The summed E-state index contributed by atoms with van der Waals surface area (Å²) in [7, 11) is 0. The zero-order valence-electron chi connectivity index (χ0n) is 15.6. The molecular formula is C21H17F2N5O. The topological polar surface area (TPSA) is 72.7 Å². The summed E-state index contributed by atoms with van der Waals surface area (Å²) in [5.74, 6) is 2.71. The molecule has 0 aliphatic carbocycles. The van der Waals surface area contributed by atoms with E-state index in [2.05, 4.69) is 32.2 Å². The number of benzene rings is 1. The second-order valence-electron chi connectivity index (χ2n) is 6.81. The standard InChI is InChI=1S/C21H17F2N5O/c1-14-3-5-17(9-16(14)6-4-15-11-24-13-25-12-15)20(29)26-19-10-18-21(22,23)7-2-8-28(18)27-19/h3,5,9-13H,2,7-8H2,1H3,(H,26,27,29). The minimum Gasteiger partial charge on any atom is -0.305 e. The van der Waals surface area contributed by atoms with E-state index >= 15 is 0 Å². The summed E-state index contributed by atoms with van der Waals surface area (Å²) in [6.07, 6.45) is 4.76. The number of alkyl halides is 2. The molecular weight excluding hydrogens is 376 g/mol. The zero-order chi connectivity index (χ0) is 20.4. The number of anilines is 1. The summed E-state index contributed by atoms with van der Waals surface area (Å²) >= 11 is 0. The maximum atomic E-state index is 14.0. The van der Waals surface area contributed by atoms with Crippen molar-refractivity contribution in [2.75, 3.05) is 5.32 Å². The number of carbonyl (C=O) groups is 1. The Morgan fingerprint density at radius 2 is 2.00 bits per heavy atom. The highest BCUT2D eigenvalue weighted by Gasteiger charge is 2.38. The van der Waals surface area contributed by atoms with Gasteiger partial charge in [-0.1, -0.05) is 17.9 Å². The van der Waals surface area contributed by atoms with E-state index in [1.807, 2.05) is 6.92 Å². The molecule has 0 radical (unpaired) electrons. The molecule has 0 saturated heterocycles. The number of nitrogens with one attached hydrogen (secondary N) is 1. The summed E-state index contributed by atoms with van der Waals surface area (Å²) in [6.45, 7) is 2.30. The van der Waals surface area contributed by atoms with Crippen molar-refractivity contribution >= 4 is 11.7 Å². The van der Waals surface area contributed by atoms with Gasteiger partial charge < -0.3 is 5.32 Å². The molecule has 1 N–H and O–H groups in total. The van der Waals surface area contributed by atoms with Gasteiger partial charge in [0, 0.05) is 42.6 Å². The fourth-order valence-corrected chi connectivity index (χ4v) is 3.11. The van der Waals surface area contributed by atoms with E-state index in [1.54, 1.807) is 30.6 Å². The molecule has 1 aliphatic rings. The molecule has 0 bridgehead atoms. The van der Waals surface area contributed by atoms with Gasteiger partial charge in [0.15, 0.2) is 5.82 Å². The number of rotatable bonds is 2. The second kappa shape index (κ2) is 7.43. The van der Waals surface area contributed by atoms with Crippen LogP contribution in [0.4, 0.5) is 14.6 Å². The van der Waals surface area contributed by atoms with Gasteiger partial charge in [-0.15, -0.1) is 0 Å². The predicted molar refractivity (Wildman–Crippen MR) is 102 cm³/mol. The average molecular weight is 393 g/mol. The van der Waals surface area contributed by atoms with Gasteiger partial charge in [0.25, 0.3) is 11.8 Å². The number of halogens is 2. The number of amides is 1. The fourth-order valence-electron chi connectivity index (χ4n) is 3.11. The first-order valence-corrected chi connectivity index (χ1v) is 9.07. The van der Waals surface area contributed by atoms with Crippen molar-refractivity contribution in [2.24, 2.45) is 0 Å². The van der Waals surface area contributed by atoms with Crippen LogP contribution in [0.1, 0.15) is 45.6 Å². The SMILES string of the molecule is Cc1ccc(C(=O)Nc2cc3n(n2)CCCC3(F)F)cc1C#Cc1cncnc1. The van der Waals surface area contributed by atoms with Gasteiger partial charge >= 0.3 is 0 Å². The van der Waals surface area contributed by atoms with E-state index in [9.17, 15) is 13.6 Å². The molecule has 3 aromatic rings. The van der Waals surface area contributed by atoms with Crippen LogP contribution in [0.3, 0.4) is 0 Å². The van der Waals surface area contributed by atoms with Gasteiger partial charge in [0.1, 0.15) is 12.0 Å². The van der Waals surface area contributed by atoms with E-state index in [-0.39, 0.29) is 17.9 Å². The lowest BCUT2D eigenvalue weighted by Crippen LogP contribution is -2.25. The molecule has 0 spiro atoms. The molecule has 146 valence electrons. The molecule has 1 amide bonds. The predicted octanol–water partition coefficient (Wildman–Crippen LogP) is 3.52. The number of fused-ring (bicyclic) bond motifs is 1. The highest BCUT2D eigenvalue weighted by atomic mass is 19.3. The number of nitrogens with zero attached hydrogens (tertiary/aromatic N) is 4. The Hall–Kier alpha value is -3.60. The quantitative estimate of drug-likeness (QED) is 0.676. The molecule has 1 aromatic carbocycles. The fraction of sp³-hybridized carbons (Fsp3) is 0.238. The van der Waals surface area contributed by atoms with Crippen molar-refractivity contribution in [3.8, 4) is 11.8 Å². The third-order valence-corrected chi connectivity index (χ3v) is 4.66. The van der Waals surface area contributed by atoms with Gasteiger partial charge in [-0.25, -0.2) is 9.97 Å². The molecule has 0 saturated carbocycles. The summed E-state index contributed by atoms with van der Waals surface area (Å²) < 4.78 is 29.2. The monoisotopic (exact) mass is 393 g/mol. The molecule has 6 nitrogen and oxygen atoms in total. The van der Waals surface area contributed by atoms with Crippen molar-refractivity contribution in [3.05, 3.63) is 70.9 Å². The van der Waals surface area contributed by atoms with Crippen LogP contribution in [0.2, 0.25) is 0 Å². The lowest BCUT2D eigenvalue weighted by molar-refractivity contribution is -0.0364. The van der Waals surface area contributed by atoms with Gasteiger partial charge in [-0.3, -0.25) is 9.48 Å². The molecule has 0 fully saturated rings. The first-order valence-electron chi connectivity index (χ1n) is 9.07. The maximum absolute atomic E-state index is 14.0. The zero-order valence-corrected chi connectivity index (χ0v) is 15.6. The van der Waals surface area contributed by atoms with Crippen LogP contribution in [-0.2, 0) is 12.5 Å². The minimum absolute atomic E-state index is 0.112. The van der Waals surface area contributed by atoms with Crippen LogP contribution in [0.15, 0.2) is 43.0 Å². The first kappa shape index (κ1) is 18.7. The van der Waals surface area contributed by atoms with Crippen LogP contribution in [0.5, 0.6) is 0 Å². The molecule has 0 unspecified atom stereocenters. The van der Waals surface area contributed by atoms with Crippen LogP contribution in [-0.4, -0.2) is 25.7 Å². The first-order chi connectivity index (χ1) is 13.9. The third-order valence-electron chi connectivity index (χ3n) is 4.66. The number of hydrogen-bond donors (Lipinski definition) is 1. The van der Waals surface area contributed by atoms with E-state index in [0.29, 0.717) is 29.7 Å². The lowest BCUT2D eigenvalue weighted by atomic mass is 10.0. The normalized spacial score (nSPS) is 14.4. The van der Waals surface area contributed by atoms with Gasteiger partial charge in [-0.05, 0) is 31.0 Å². The molecule has 1 aliphatic heterocycles. The molecule has 2 aromatic heterocycles. The Kier molecular flexibility index (Phi) is 4.80. The molecule has 4 rings (SSSR count). The third kappa shape index (κ3) is 3.99. The Labute approximate surface area is 166 Å². The summed E-state index contributed by atoms with van der Waals surface area (Å²) in [6, 6.07) is 6.34. The maximum Gasteiger partial charge on any atom is 0.289 e. The van der Waals surface area contributed by atoms with Gasteiger partial charge in [-0.2, -0.15) is 13.9 Å². The van der Waals surface area contributed by atoms with Gasteiger partial charge in [0.2, 0.25) is 0 Å². The van der Waals surface area contributed by atoms with Crippen molar-refractivity contribution in [2.45, 2.75) is 32.2 Å². The Morgan fingerprint density at radius 1 is 1.21 bits per heavy atom.